The van der Waals surface area contributed by atoms with Crippen LogP contribution >= 0.6 is 0 Å². The number of carboxylic acid groups (broad SMARTS) is 1. The van der Waals surface area contributed by atoms with E-state index in [1.54, 1.807) is 0 Å². The highest BCUT2D eigenvalue weighted by Gasteiger charge is 2.04. The Morgan fingerprint density at radius 3 is 2.24 bits per heavy atom. The van der Waals surface area contributed by atoms with E-state index in [-0.39, 0.29) is 30.2 Å². The molecular weight excluding hydrogens is 228 g/mol. The van der Waals surface area contributed by atoms with Crippen LogP contribution in [0, 0.1) is 0 Å². The van der Waals surface area contributed by atoms with Crippen molar-refractivity contribution in [2.75, 3.05) is 11.9 Å². The van der Waals surface area contributed by atoms with Gasteiger partial charge in [0, 0.05) is 30.4 Å². The van der Waals surface area contributed by atoms with Crippen LogP contribution in [0.2, 0.25) is 0 Å². The molecular formula is C10H12N2O5. The summed E-state index contributed by atoms with van der Waals surface area (Å²) in [5.74, 6) is -1.39. The summed E-state index contributed by atoms with van der Waals surface area (Å²) in [6, 6.07) is 3.00. The number of hydrogen-bond donors (Lipinski definition) is 5. The number of phenolic OH excluding ortho intramolecular Hbond substituents is 2. The lowest BCUT2D eigenvalue weighted by molar-refractivity contribution is -0.136. The van der Waals surface area contributed by atoms with Crippen molar-refractivity contribution >= 4 is 17.7 Å². The van der Waals surface area contributed by atoms with Crippen molar-refractivity contribution in [3.8, 4) is 11.5 Å². The van der Waals surface area contributed by atoms with E-state index in [2.05, 4.69) is 10.6 Å². The molecule has 0 atom stereocenters. The smallest absolute Gasteiger partial charge is 0.319 e. The second-order valence-electron chi connectivity index (χ2n) is 3.26. The molecule has 0 bridgehead atoms. The van der Waals surface area contributed by atoms with Crippen LogP contribution in [0.4, 0.5) is 10.5 Å². The maximum absolute atomic E-state index is 11.2. The summed E-state index contributed by atoms with van der Waals surface area (Å²) >= 11 is 0. The molecule has 1 aromatic carbocycles. The van der Waals surface area contributed by atoms with Crippen LogP contribution in [0.3, 0.4) is 0 Å². The molecule has 0 aromatic heterocycles. The molecule has 0 spiro atoms. The first kappa shape index (κ1) is 12.6. The second kappa shape index (κ2) is 5.59. The van der Waals surface area contributed by atoms with Gasteiger partial charge in [0.05, 0.1) is 6.42 Å². The highest BCUT2D eigenvalue weighted by molar-refractivity contribution is 5.89. The number of benzene rings is 1. The molecule has 0 aliphatic rings. The van der Waals surface area contributed by atoms with Gasteiger partial charge in [-0.25, -0.2) is 4.79 Å². The number of aromatic hydroxyl groups is 2. The molecule has 0 heterocycles. The SMILES string of the molecule is O=C(O)CCNC(=O)Nc1cc(O)cc(O)c1. The zero-order valence-corrected chi connectivity index (χ0v) is 8.80. The lowest BCUT2D eigenvalue weighted by Crippen LogP contribution is -2.30. The van der Waals surface area contributed by atoms with Crippen LogP contribution in [0.5, 0.6) is 11.5 Å². The number of carbonyl (C=O) groups is 2. The average molecular weight is 240 g/mol. The van der Waals surface area contributed by atoms with Crippen molar-refractivity contribution in [1.29, 1.82) is 0 Å². The van der Waals surface area contributed by atoms with Crippen molar-refractivity contribution in [1.82, 2.24) is 5.32 Å². The van der Waals surface area contributed by atoms with Gasteiger partial charge in [-0.05, 0) is 0 Å². The summed E-state index contributed by atoms with van der Waals surface area (Å²) in [7, 11) is 0. The highest BCUT2D eigenvalue weighted by Crippen LogP contribution is 2.23. The first-order valence-corrected chi connectivity index (χ1v) is 4.77. The molecule has 0 aliphatic heterocycles. The van der Waals surface area contributed by atoms with Crippen molar-refractivity contribution < 1.29 is 24.9 Å². The topological polar surface area (TPSA) is 119 Å². The summed E-state index contributed by atoms with van der Waals surface area (Å²) in [4.78, 5) is 21.4. The maximum atomic E-state index is 11.2. The van der Waals surface area contributed by atoms with Gasteiger partial charge in [-0.2, -0.15) is 0 Å². The number of nitrogens with one attached hydrogen (secondary N) is 2. The maximum Gasteiger partial charge on any atom is 0.319 e. The molecule has 1 aromatic rings. The molecule has 92 valence electrons. The fourth-order valence-corrected chi connectivity index (χ4v) is 1.13. The predicted molar refractivity (Wildman–Crippen MR) is 59.0 cm³/mol. The van der Waals surface area contributed by atoms with Crippen LogP contribution in [-0.4, -0.2) is 33.9 Å². The number of rotatable bonds is 4. The predicted octanol–water partition coefficient (Wildman–Crippen LogP) is 0.694. The van der Waals surface area contributed by atoms with Crippen LogP contribution in [0.1, 0.15) is 6.42 Å². The van der Waals surface area contributed by atoms with Crippen LogP contribution in [0.15, 0.2) is 18.2 Å². The van der Waals surface area contributed by atoms with Gasteiger partial charge in [0.25, 0.3) is 0 Å². The zero-order chi connectivity index (χ0) is 12.8. The molecule has 0 fully saturated rings. The summed E-state index contributed by atoms with van der Waals surface area (Å²) in [6.45, 7) is -0.00797. The van der Waals surface area contributed by atoms with Gasteiger partial charge in [0.15, 0.2) is 0 Å². The third-order valence-electron chi connectivity index (χ3n) is 1.78. The molecule has 7 nitrogen and oxygen atoms in total. The average Bonchev–Trinajstić information content (AvgIpc) is 2.14. The standard InChI is InChI=1S/C10H12N2O5/c13-7-3-6(4-8(14)5-7)12-10(17)11-2-1-9(15)16/h3-5,13-14H,1-2H2,(H,15,16)(H2,11,12,17). The van der Waals surface area contributed by atoms with Crippen LogP contribution in [-0.2, 0) is 4.79 Å². The first-order valence-electron chi connectivity index (χ1n) is 4.77. The molecule has 0 saturated heterocycles. The minimum absolute atomic E-state index is 0.00797. The molecule has 1 rings (SSSR count). The van der Waals surface area contributed by atoms with Gasteiger partial charge in [-0.15, -0.1) is 0 Å². The van der Waals surface area contributed by atoms with E-state index in [4.69, 9.17) is 15.3 Å². The van der Waals surface area contributed by atoms with E-state index in [9.17, 15) is 9.59 Å². The summed E-state index contributed by atoms with van der Waals surface area (Å²) < 4.78 is 0. The van der Waals surface area contributed by atoms with Gasteiger partial charge in [-0.3, -0.25) is 4.79 Å². The molecule has 0 aliphatic carbocycles. The fraction of sp³-hybridized carbons (Fsp3) is 0.200. The zero-order valence-electron chi connectivity index (χ0n) is 8.80. The molecule has 7 heteroatoms. The van der Waals surface area contributed by atoms with E-state index in [1.807, 2.05) is 0 Å². The normalized spacial score (nSPS) is 9.65. The molecule has 5 N–H and O–H groups in total. The number of anilines is 1. The Kier molecular flexibility index (Phi) is 4.15. The molecule has 0 unspecified atom stereocenters. The summed E-state index contributed by atoms with van der Waals surface area (Å²) in [5, 5.41) is 31.3. The van der Waals surface area contributed by atoms with E-state index >= 15 is 0 Å². The number of aliphatic carboxylic acids is 1. The Balaban J connectivity index is 2.47. The molecule has 17 heavy (non-hydrogen) atoms. The Hall–Kier alpha value is -2.44. The van der Waals surface area contributed by atoms with Crippen molar-refractivity contribution in [3.63, 3.8) is 0 Å². The van der Waals surface area contributed by atoms with Crippen molar-refractivity contribution in [3.05, 3.63) is 18.2 Å². The Labute approximate surface area is 96.7 Å². The number of urea groups is 1. The van der Waals surface area contributed by atoms with Crippen molar-refractivity contribution in [2.45, 2.75) is 6.42 Å². The number of phenols is 2. The molecule has 0 saturated carbocycles. The van der Waals surface area contributed by atoms with Gasteiger partial charge in [0.1, 0.15) is 11.5 Å². The van der Waals surface area contributed by atoms with Crippen LogP contribution in [0.25, 0.3) is 0 Å². The second-order valence-corrected chi connectivity index (χ2v) is 3.26. The monoisotopic (exact) mass is 240 g/mol. The van der Waals surface area contributed by atoms with Crippen molar-refractivity contribution in [2.24, 2.45) is 0 Å². The number of amides is 2. The largest absolute Gasteiger partial charge is 0.508 e. The van der Waals surface area contributed by atoms with Crippen LogP contribution < -0.4 is 10.6 Å². The quantitative estimate of drug-likeness (QED) is 0.530. The Bertz CT molecular complexity index is 412. The Morgan fingerprint density at radius 2 is 1.71 bits per heavy atom. The number of carboxylic acids is 1. The lowest BCUT2D eigenvalue weighted by atomic mass is 10.3. The molecule has 2 amide bonds. The molecule has 0 radical (unpaired) electrons. The van der Waals surface area contributed by atoms with E-state index in [0.29, 0.717) is 0 Å². The van der Waals surface area contributed by atoms with Gasteiger partial charge in [-0.1, -0.05) is 0 Å². The minimum atomic E-state index is -1.01. The number of carbonyl (C=O) groups excluding carboxylic acids is 1. The van der Waals surface area contributed by atoms with Gasteiger partial charge >= 0.3 is 12.0 Å². The fourth-order valence-electron chi connectivity index (χ4n) is 1.13. The lowest BCUT2D eigenvalue weighted by Gasteiger charge is -2.07. The van der Waals surface area contributed by atoms with Gasteiger partial charge < -0.3 is 26.0 Å². The Morgan fingerprint density at radius 1 is 1.12 bits per heavy atom. The van der Waals surface area contributed by atoms with E-state index < -0.39 is 12.0 Å². The van der Waals surface area contributed by atoms with E-state index in [1.165, 1.54) is 12.1 Å². The minimum Gasteiger partial charge on any atom is -0.508 e. The third-order valence-corrected chi connectivity index (χ3v) is 1.78. The van der Waals surface area contributed by atoms with Gasteiger partial charge in [0.2, 0.25) is 0 Å². The summed E-state index contributed by atoms with van der Waals surface area (Å²) in [6.07, 6.45) is -0.182. The first-order chi connectivity index (χ1) is 7.97. The number of hydrogen-bond acceptors (Lipinski definition) is 4. The third kappa shape index (κ3) is 4.74. The van der Waals surface area contributed by atoms with E-state index in [0.717, 1.165) is 6.07 Å². The highest BCUT2D eigenvalue weighted by atomic mass is 16.4. The summed E-state index contributed by atoms with van der Waals surface area (Å²) in [5.41, 5.74) is 0.204.